The summed E-state index contributed by atoms with van der Waals surface area (Å²) < 4.78 is 49.0. The number of benzene rings is 3. The number of ether oxygens (including phenoxy) is 1. The zero-order valence-electron chi connectivity index (χ0n) is 26.1. The Hall–Kier alpha value is -6.44. The van der Waals surface area contributed by atoms with Gasteiger partial charge >= 0.3 is 10.2 Å². The maximum atomic E-state index is 15.3. The van der Waals surface area contributed by atoms with Crippen LogP contribution in [0, 0.1) is 5.82 Å². The smallest absolute Gasteiger partial charge is 0.326 e. The van der Waals surface area contributed by atoms with Gasteiger partial charge in [-0.3, -0.25) is 43.7 Å². The number of hydrogen-bond acceptors (Lipinski definition) is 12. The number of hydrogen-bond donors (Lipinski definition) is 4. The molecule has 0 aliphatic carbocycles. The van der Waals surface area contributed by atoms with Gasteiger partial charge in [0.2, 0.25) is 17.7 Å². The molecule has 3 aromatic carbocycles. The fourth-order valence-corrected chi connectivity index (χ4v) is 7.11. The van der Waals surface area contributed by atoms with Gasteiger partial charge in [0.25, 0.3) is 17.7 Å². The molecular weight excluding hydrogens is 695 g/mol. The van der Waals surface area contributed by atoms with Crippen LogP contribution in [0.2, 0.25) is 0 Å². The monoisotopic (exact) mass is 720 g/mol. The maximum absolute atomic E-state index is 15.3. The molecule has 0 spiro atoms. The van der Waals surface area contributed by atoms with E-state index in [-0.39, 0.29) is 65.8 Å². The average molecular weight is 721 g/mol. The Kier molecular flexibility index (Phi) is 8.08. The van der Waals surface area contributed by atoms with Crippen molar-refractivity contribution in [3.63, 3.8) is 0 Å². The highest BCUT2D eigenvalue weighted by Gasteiger charge is 2.45. The topological polar surface area (TPSA) is 239 Å². The van der Waals surface area contributed by atoms with Crippen LogP contribution in [0.15, 0.2) is 48.7 Å². The highest BCUT2D eigenvalue weighted by Crippen LogP contribution is 2.39. The molecule has 4 N–H and O–H groups in total. The van der Waals surface area contributed by atoms with Gasteiger partial charge in [-0.25, -0.2) is 13.4 Å². The highest BCUT2D eigenvalue weighted by atomic mass is 32.2. The number of aromatic nitrogens is 3. The van der Waals surface area contributed by atoms with Gasteiger partial charge in [0.1, 0.15) is 42.1 Å². The third kappa shape index (κ3) is 6.16. The first-order valence-electron chi connectivity index (χ1n) is 15.2. The van der Waals surface area contributed by atoms with Crippen molar-refractivity contribution in [1.82, 2.24) is 29.9 Å². The van der Waals surface area contributed by atoms with Crippen LogP contribution in [0.1, 0.15) is 45.7 Å². The summed E-state index contributed by atoms with van der Waals surface area (Å²) in [5, 5.41) is 23.3. The number of phenols is 1. The van der Waals surface area contributed by atoms with Crippen LogP contribution >= 0.6 is 0 Å². The molecule has 18 nitrogen and oxygen atoms in total. The quantitative estimate of drug-likeness (QED) is 0.173. The van der Waals surface area contributed by atoms with E-state index in [2.05, 4.69) is 20.9 Å². The summed E-state index contributed by atoms with van der Waals surface area (Å²) in [5.41, 5.74) is 0.152. The Morgan fingerprint density at radius 1 is 1.04 bits per heavy atom. The second kappa shape index (κ2) is 12.5. The number of carbonyl (C=O) groups excluding carboxylic acids is 6. The molecule has 4 aromatic rings. The molecule has 2 saturated heterocycles. The predicted octanol–water partition coefficient (Wildman–Crippen LogP) is 0.466. The number of amides is 6. The molecular formula is C31H25FN8O10S. The third-order valence-corrected chi connectivity index (χ3v) is 9.71. The number of imide groups is 2. The van der Waals surface area contributed by atoms with Crippen molar-refractivity contribution in [1.29, 1.82) is 0 Å². The summed E-state index contributed by atoms with van der Waals surface area (Å²) in [7, 11) is -4.37. The van der Waals surface area contributed by atoms with Gasteiger partial charge in [-0.1, -0.05) is 5.21 Å². The minimum absolute atomic E-state index is 0.00532. The van der Waals surface area contributed by atoms with Crippen LogP contribution in [0.4, 0.5) is 15.8 Å². The molecule has 1 aromatic heterocycles. The lowest BCUT2D eigenvalue weighted by Gasteiger charge is -2.27. The molecule has 1 atom stereocenters. The standard InChI is InChI=1S/C31H25FN8O10S/c32-27-19-3-1-16(9-15(19)10-23(41)28(27)39-13-26(44)36-51(39,48)49)33-25(43)7-8-38-12-17(35-37-38)14-50-18-2-4-20-21(11-18)31(47)40(30(20)46)22-5-6-24(42)34-29(22)45/h1-4,9-12,22,41H,5-8,13-14H2,(H,33,43)(H,36,44)(H,34,42,45). The number of aryl methyl sites for hydroxylation is 1. The van der Waals surface area contributed by atoms with E-state index in [1.54, 1.807) is 10.9 Å². The largest absolute Gasteiger partial charge is 0.506 e. The number of anilines is 2. The number of aromatic hydroxyl groups is 1. The van der Waals surface area contributed by atoms with Gasteiger partial charge in [-0.15, -0.1) is 5.10 Å². The molecule has 262 valence electrons. The Morgan fingerprint density at radius 2 is 1.82 bits per heavy atom. The van der Waals surface area contributed by atoms with Crippen molar-refractivity contribution < 1.29 is 51.4 Å². The molecule has 0 saturated carbocycles. The molecule has 3 aliphatic heterocycles. The number of piperidine rings is 1. The average Bonchev–Trinajstić information content (AvgIpc) is 3.72. The van der Waals surface area contributed by atoms with Crippen molar-refractivity contribution in [2.45, 2.75) is 38.5 Å². The van der Waals surface area contributed by atoms with E-state index in [4.69, 9.17) is 4.74 Å². The molecule has 0 bridgehead atoms. The van der Waals surface area contributed by atoms with E-state index in [0.29, 0.717) is 10.00 Å². The van der Waals surface area contributed by atoms with E-state index < -0.39 is 75.5 Å². The van der Waals surface area contributed by atoms with E-state index in [9.17, 15) is 42.3 Å². The van der Waals surface area contributed by atoms with Crippen LogP contribution < -0.4 is 24.4 Å². The molecule has 1 unspecified atom stereocenters. The van der Waals surface area contributed by atoms with Crippen LogP contribution in [0.5, 0.6) is 11.5 Å². The molecule has 51 heavy (non-hydrogen) atoms. The molecule has 6 amide bonds. The number of nitrogens with zero attached hydrogens (tertiary/aromatic N) is 5. The van der Waals surface area contributed by atoms with Crippen molar-refractivity contribution in [2.75, 3.05) is 16.2 Å². The fourth-order valence-electron chi connectivity index (χ4n) is 5.95. The number of carbonyl (C=O) groups is 6. The summed E-state index contributed by atoms with van der Waals surface area (Å²) in [6.07, 6.45) is 1.54. The lowest BCUT2D eigenvalue weighted by molar-refractivity contribution is -0.136. The highest BCUT2D eigenvalue weighted by molar-refractivity contribution is 7.92. The van der Waals surface area contributed by atoms with Crippen molar-refractivity contribution in [3.05, 3.63) is 71.3 Å². The Labute approximate surface area is 286 Å². The SMILES string of the molecule is O=C1CCC(N2C(=O)c3ccc(OCc4cn(CCC(=O)Nc5ccc6c(F)c(N7CC(=O)NS7(=O)=O)c(O)cc6c5)nn4)cc3C2=O)C(=O)N1. The molecule has 2 fully saturated rings. The van der Waals surface area contributed by atoms with Crippen molar-refractivity contribution >= 4 is 67.8 Å². The van der Waals surface area contributed by atoms with Crippen LogP contribution in [-0.4, -0.2) is 81.4 Å². The van der Waals surface area contributed by atoms with Gasteiger partial charge in [-0.05, 0) is 54.3 Å². The van der Waals surface area contributed by atoms with Crippen LogP contribution in [0.3, 0.4) is 0 Å². The Balaban J connectivity index is 0.940. The fraction of sp³-hybridized carbons (Fsp3) is 0.226. The zero-order chi connectivity index (χ0) is 36.2. The van der Waals surface area contributed by atoms with Crippen molar-refractivity contribution in [3.8, 4) is 11.5 Å². The second-order valence-electron chi connectivity index (χ2n) is 11.7. The first-order valence-corrected chi connectivity index (χ1v) is 16.7. The summed E-state index contributed by atoms with van der Waals surface area (Å²) in [6, 6.07) is 8.41. The number of nitrogens with one attached hydrogen (secondary N) is 3. The first kappa shape index (κ1) is 33.1. The number of fused-ring (bicyclic) bond motifs is 2. The second-order valence-corrected chi connectivity index (χ2v) is 13.3. The minimum Gasteiger partial charge on any atom is -0.506 e. The molecule has 7 rings (SSSR count). The number of phenolic OH excluding ortho intramolecular Hbond substituents is 1. The van der Waals surface area contributed by atoms with Gasteiger partial charge < -0.3 is 15.2 Å². The predicted molar refractivity (Wildman–Crippen MR) is 171 cm³/mol. The lowest BCUT2D eigenvalue weighted by Crippen LogP contribution is -2.54. The van der Waals surface area contributed by atoms with Crippen LogP contribution in [-0.2, 0) is 42.5 Å². The molecule has 20 heteroatoms. The summed E-state index contributed by atoms with van der Waals surface area (Å²) in [4.78, 5) is 74.8. The van der Waals surface area contributed by atoms with E-state index in [1.807, 2.05) is 0 Å². The van der Waals surface area contributed by atoms with Crippen molar-refractivity contribution in [2.24, 2.45) is 0 Å². The normalized spacial score (nSPS) is 18.2. The minimum atomic E-state index is -4.37. The molecule has 0 radical (unpaired) electrons. The van der Waals surface area contributed by atoms with Gasteiger partial charge in [0.05, 0.1) is 23.9 Å². The van der Waals surface area contributed by atoms with Gasteiger partial charge in [-0.2, -0.15) is 8.42 Å². The Morgan fingerprint density at radius 3 is 2.57 bits per heavy atom. The third-order valence-electron chi connectivity index (χ3n) is 8.34. The zero-order valence-corrected chi connectivity index (χ0v) is 26.9. The number of halogens is 1. The summed E-state index contributed by atoms with van der Waals surface area (Å²) >= 11 is 0. The van der Waals surface area contributed by atoms with Crippen LogP contribution in [0.25, 0.3) is 10.8 Å². The summed E-state index contributed by atoms with van der Waals surface area (Å²) in [6.45, 7) is -0.641. The van der Waals surface area contributed by atoms with E-state index >= 15 is 4.39 Å². The first-order chi connectivity index (χ1) is 24.3. The van der Waals surface area contributed by atoms with Gasteiger partial charge in [0, 0.05) is 23.9 Å². The lowest BCUT2D eigenvalue weighted by atomic mass is 10.0. The van der Waals surface area contributed by atoms with Gasteiger partial charge in [0.15, 0.2) is 5.82 Å². The van der Waals surface area contributed by atoms with E-state index in [1.165, 1.54) is 41.1 Å². The maximum Gasteiger partial charge on any atom is 0.326 e. The Bertz CT molecular complexity index is 2330. The molecule has 4 heterocycles. The number of rotatable bonds is 9. The molecule has 3 aliphatic rings. The van der Waals surface area contributed by atoms with E-state index in [0.717, 1.165) is 11.0 Å². The summed E-state index contributed by atoms with van der Waals surface area (Å²) in [5.74, 6) is -5.33.